The van der Waals surface area contributed by atoms with E-state index in [0.29, 0.717) is 18.7 Å². The van der Waals surface area contributed by atoms with Gasteiger partial charge in [-0.15, -0.1) is 12.4 Å². The number of halogens is 1. The Balaban J connectivity index is 0.00000180. The summed E-state index contributed by atoms with van der Waals surface area (Å²) in [7, 11) is 0. The maximum atomic E-state index is 12.3. The van der Waals surface area contributed by atoms with Gasteiger partial charge in [0.05, 0.1) is 10.5 Å². The SMILES string of the molecule is Cl.NCC1CCCCN1C(=O)c1csc([N+](=O)[O-])c1. The summed E-state index contributed by atoms with van der Waals surface area (Å²) in [6.07, 6.45) is 2.96. The summed E-state index contributed by atoms with van der Waals surface area (Å²) in [5.74, 6) is -0.144. The Morgan fingerprint density at radius 2 is 2.32 bits per heavy atom. The first kappa shape index (κ1) is 15.9. The standard InChI is InChI=1S/C11H15N3O3S.ClH/c12-6-9-3-1-2-4-13(9)11(15)8-5-10(14(16)17)18-7-8;/h5,7,9H,1-4,6,12H2;1H. The van der Waals surface area contributed by atoms with Gasteiger partial charge in [-0.2, -0.15) is 0 Å². The van der Waals surface area contributed by atoms with Crippen LogP contribution < -0.4 is 5.73 Å². The third kappa shape index (κ3) is 3.43. The van der Waals surface area contributed by atoms with E-state index >= 15 is 0 Å². The smallest absolute Gasteiger partial charge is 0.324 e. The molecule has 0 spiro atoms. The fourth-order valence-electron chi connectivity index (χ4n) is 2.21. The van der Waals surface area contributed by atoms with Gasteiger partial charge in [0.15, 0.2) is 0 Å². The molecular weight excluding hydrogens is 290 g/mol. The Morgan fingerprint density at radius 3 is 2.89 bits per heavy atom. The summed E-state index contributed by atoms with van der Waals surface area (Å²) >= 11 is 0.981. The Bertz CT molecular complexity index is 466. The van der Waals surface area contributed by atoms with Gasteiger partial charge in [0.2, 0.25) is 0 Å². The fourth-order valence-corrected chi connectivity index (χ4v) is 2.91. The van der Waals surface area contributed by atoms with Crippen LogP contribution >= 0.6 is 23.7 Å². The van der Waals surface area contributed by atoms with Crippen molar-refractivity contribution in [3.05, 3.63) is 27.1 Å². The van der Waals surface area contributed by atoms with Crippen LogP contribution in [0.3, 0.4) is 0 Å². The molecule has 0 aliphatic carbocycles. The number of thiophene rings is 1. The molecule has 1 aliphatic heterocycles. The molecule has 0 aromatic carbocycles. The summed E-state index contributed by atoms with van der Waals surface area (Å²) in [4.78, 5) is 24.1. The van der Waals surface area contributed by atoms with E-state index in [-0.39, 0.29) is 29.4 Å². The van der Waals surface area contributed by atoms with Gasteiger partial charge in [-0.05, 0) is 19.3 Å². The van der Waals surface area contributed by atoms with E-state index in [2.05, 4.69) is 0 Å². The van der Waals surface area contributed by atoms with Gasteiger partial charge in [-0.3, -0.25) is 14.9 Å². The molecule has 19 heavy (non-hydrogen) atoms. The van der Waals surface area contributed by atoms with Crippen LogP contribution in [0.5, 0.6) is 0 Å². The quantitative estimate of drug-likeness (QED) is 0.683. The van der Waals surface area contributed by atoms with Crippen LogP contribution in [0.15, 0.2) is 11.4 Å². The number of likely N-dealkylation sites (tertiary alicyclic amines) is 1. The predicted molar refractivity (Wildman–Crippen MR) is 76.0 cm³/mol. The van der Waals surface area contributed by atoms with Crippen molar-refractivity contribution in [2.45, 2.75) is 25.3 Å². The molecule has 1 amide bonds. The topological polar surface area (TPSA) is 89.5 Å². The lowest BCUT2D eigenvalue weighted by Crippen LogP contribution is -2.47. The highest BCUT2D eigenvalue weighted by Crippen LogP contribution is 2.26. The number of carbonyl (C=O) groups is 1. The number of hydrogen-bond donors (Lipinski definition) is 1. The first-order valence-electron chi connectivity index (χ1n) is 5.87. The van der Waals surface area contributed by atoms with Crippen LogP contribution in [-0.4, -0.2) is 34.9 Å². The monoisotopic (exact) mass is 305 g/mol. The number of nitro groups is 1. The molecule has 1 aromatic heterocycles. The minimum atomic E-state index is -0.474. The summed E-state index contributed by atoms with van der Waals surface area (Å²) in [5.41, 5.74) is 6.06. The Labute approximate surface area is 121 Å². The summed E-state index contributed by atoms with van der Waals surface area (Å²) < 4.78 is 0. The number of nitrogens with two attached hydrogens (primary N) is 1. The predicted octanol–water partition coefficient (Wildman–Crippen LogP) is 2.03. The van der Waals surface area contributed by atoms with Crippen molar-refractivity contribution in [3.63, 3.8) is 0 Å². The summed E-state index contributed by atoms with van der Waals surface area (Å²) in [5, 5.41) is 12.1. The largest absolute Gasteiger partial charge is 0.334 e. The fraction of sp³-hybridized carbons (Fsp3) is 0.545. The number of hydrogen-bond acceptors (Lipinski definition) is 5. The average Bonchev–Trinajstić information content (AvgIpc) is 2.87. The Morgan fingerprint density at radius 1 is 1.58 bits per heavy atom. The minimum absolute atomic E-state index is 0. The highest BCUT2D eigenvalue weighted by Gasteiger charge is 2.27. The lowest BCUT2D eigenvalue weighted by atomic mass is 10.0. The van der Waals surface area contributed by atoms with Crippen molar-refractivity contribution in [2.24, 2.45) is 5.73 Å². The third-order valence-corrected chi connectivity index (χ3v) is 4.05. The zero-order chi connectivity index (χ0) is 13.1. The molecule has 0 bridgehead atoms. The number of piperidine rings is 1. The number of amides is 1. The molecule has 1 atom stereocenters. The van der Waals surface area contributed by atoms with Crippen molar-refractivity contribution in [1.82, 2.24) is 4.90 Å². The van der Waals surface area contributed by atoms with Gasteiger partial charge in [-0.1, -0.05) is 11.3 Å². The molecule has 1 unspecified atom stereocenters. The van der Waals surface area contributed by atoms with Crippen molar-refractivity contribution in [2.75, 3.05) is 13.1 Å². The highest BCUT2D eigenvalue weighted by atomic mass is 35.5. The second kappa shape index (κ2) is 6.83. The molecule has 106 valence electrons. The Kier molecular flexibility index (Phi) is 5.71. The number of nitrogens with zero attached hydrogens (tertiary/aromatic N) is 2. The van der Waals surface area contributed by atoms with E-state index in [1.54, 1.807) is 10.3 Å². The molecule has 8 heteroatoms. The maximum Gasteiger partial charge on any atom is 0.324 e. The van der Waals surface area contributed by atoms with Crippen molar-refractivity contribution >= 4 is 34.7 Å². The van der Waals surface area contributed by atoms with Crippen molar-refractivity contribution in [3.8, 4) is 0 Å². The normalized spacial score (nSPS) is 18.8. The lowest BCUT2D eigenvalue weighted by Gasteiger charge is -2.34. The molecule has 0 saturated carbocycles. The van der Waals surface area contributed by atoms with E-state index in [4.69, 9.17) is 5.73 Å². The number of carbonyl (C=O) groups excluding carboxylic acids is 1. The molecule has 1 fully saturated rings. The molecule has 2 rings (SSSR count). The zero-order valence-corrected chi connectivity index (χ0v) is 11.9. The zero-order valence-electron chi connectivity index (χ0n) is 10.3. The molecule has 6 nitrogen and oxygen atoms in total. The molecule has 1 saturated heterocycles. The second-order valence-corrected chi connectivity index (χ2v) is 5.20. The molecular formula is C11H16ClN3O3S. The van der Waals surface area contributed by atoms with Gasteiger partial charge in [0.1, 0.15) is 0 Å². The van der Waals surface area contributed by atoms with Crippen LogP contribution in [0.2, 0.25) is 0 Å². The average molecular weight is 306 g/mol. The highest BCUT2D eigenvalue weighted by molar-refractivity contribution is 7.13. The van der Waals surface area contributed by atoms with Gasteiger partial charge in [-0.25, -0.2) is 0 Å². The number of rotatable bonds is 3. The minimum Gasteiger partial charge on any atom is -0.334 e. The summed E-state index contributed by atoms with van der Waals surface area (Å²) in [6.45, 7) is 1.13. The third-order valence-electron chi connectivity index (χ3n) is 3.17. The molecule has 1 aromatic rings. The molecule has 2 heterocycles. The van der Waals surface area contributed by atoms with Crippen LogP contribution in [0.25, 0.3) is 0 Å². The lowest BCUT2D eigenvalue weighted by molar-refractivity contribution is -0.380. The van der Waals surface area contributed by atoms with Crippen LogP contribution in [0.1, 0.15) is 29.6 Å². The molecule has 1 aliphatic rings. The van der Waals surface area contributed by atoms with Crippen LogP contribution in [-0.2, 0) is 0 Å². The first-order chi connectivity index (χ1) is 8.63. The van der Waals surface area contributed by atoms with Gasteiger partial charge >= 0.3 is 5.00 Å². The molecule has 2 N–H and O–H groups in total. The van der Waals surface area contributed by atoms with Gasteiger partial charge < -0.3 is 10.6 Å². The van der Waals surface area contributed by atoms with Gasteiger partial charge in [0, 0.05) is 30.6 Å². The first-order valence-corrected chi connectivity index (χ1v) is 6.75. The van der Waals surface area contributed by atoms with E-state index in [1.807, 2.05) is 0 Å². The van der Waals surface area contributed by atoms with E-state index in [0.717, 1.165) is 30.6 Å². The van der Waals surface area contributed by atoms with Crippen molar-refractivity contribution in [1.29, 1.82) is 0 Å². The van der Waals surface area contributed by atoms with Crippen molar-refractivity contribution < 1.29 is 9.72 Å². The Hall–Kier alpha value is -1.18. The van der Waals surface area contributed by atoms with E-state index < -0.39 is 4.92 Å². The second-order valence-electron chi connectivity index (χ2n) is 4.31. The van der Waals surface area contributed by atoms with Gasteiger partial charge in [0.25, 0.3) is 5.91 Å². The van der Waals surface area contributed by atoms with E-state index in [9.17, 15) is 14.9 Å². The maximum absolute atomic E-state index is 12.3. The summed E-state index contributed by atoms with van der Waals surface area (Å²) in [6, 6.07) is 1.40. The van der Waals surface area contributed by atoms with Crippen LogP contribution in [0.4, 0.5) is 5.00 Å². The van der Waals surface area contributed by atoms with E-state index in [1.165, 1.54) is 6.07 Å². The van der Waals surface area contributed by atoms with Crippen LogP contribution in [0, 0.1) is 10.1 Å². The molecule has 0 radical (unpaired) electrons.